The molecule has 0 amide bonds. The van der Waals surface area contributed by atoms with Crippen LogP contribution in [-0.4, -0.2) is 5.71 Å². The molecule has 3 unspecified atom stereocenters. The van der Waals surface area contributed by atoms with Gasteiger partial charge in [-0.05, 0) is 30.1 Å². The van der Waals surface area contributed by atoms with Crippen LogP contribution < -0.4 is 0 Å². The van der Waals surface area contributed by atoms with Gasteiger partial charge in [-0.1, -0.05) is 41.5 Å². The SMILES string of the molecule is CC1(C(=N)C(C)(C)C(C)(C)C)CC2CC21. The second kappa shape index (κ2) is 2.67. The summed E-state index contributed by atoms with van der Waals surface area (Å²) in [5.41, 5.74) is 1.45. The minimum Gasteiger partial charge on any atom is -0.309 e. The fraction of sp³-hybridized carbons (Fsp3) is 0.929. The number of nitrogens with one attached hydrogen (secondary N) is 1. The molecular formula is C14H25N. The van der Waals surface area contributed by atoms with E-state index in [1.165, 1.54) is 12.8 Å². The zero-order chi connectivity index (χ0) is 11.6. The maximum absolute atomic E-state index is 8.56. The third-order valence-corrected chi connectivity index (χ3v) is 5.50. The molecule has 2 saturated carbocycles. The third-order valence-electron chi connectivity index (χ3n) is 5.50. The van der Waals surface area contributed by atoms with Crippen molar-refractivity contribution in [2.75, 3.05) is 0 Å². The highest BCUT2D eigenvalue weighted by atomic mass is 14.7. The molecule has 2 rings (SSSR count). The highest BCUT2D eigenvalue weighted by molar-refractivity contribution is 5.94. The van der Waals surface area contributed by atoms with E-state index in [-0.39, 0.29) is 16.2 Å². The summed E-state index contributed by atoms with van der Waals surface area (Å²) < 4.78 is 0. The molecule has 0 spiro atoms. The Morgan fingerprint density at radius 1 is 1.20 bits per heavy atom. The molecule has 2 aliphatic carbocycles. The number of hydrogen-bond donors (Lipinski definition) is 1. The molecular weight excluding hydrogens is 182 g/mol. The molecule has 0 aliphatic heterocycles. The topological polar surface area (TPSA) is 23.9 Å². The van der Waals surface area contributed by atoms with Crippen molar-refractivity contribution in [3.63, 3.8) is 0 Å². The lowest BCUT2D eigenvalue weighted by molar-refractivity contribution is 0.156. The van der Waals surface area contributed by atoms with Gasteiger partial charge in [0.25, 0.3) is 0 Å². The molecule has 1 heteroatoms. The van der Waals surface area contributed by atoms with E-state index in [0.29, 0.717) is 0 Å². The third kappa shape index (κ3) is 1.31. The van der Waals surface area contributed by atoms with Crippen LogP contribution in [0.3, 0.4) is 0 Å². The minimum atomic E-state index is 0.0231. The van der Waals surface area contributed by atoms with Crippen LogP contribution in [0, 0.1) is 33.5 Å². The van der Waals surface area contributed by atoms with Crippen molar-refractivity contribution in [3.05, 3.63) is 0 Å². The van der Waals surface area contributed by atoms with Gasteiger partial charge < -0.3 is 5.41 Å². The summed E-state index contributed by atoms with van der Waals surface area (Å²) in [5, 5.41) is 8.56. The van der Waals surface area contributed by atoms with Crippen LogP contribution in [0.5, 0.6) is 0 Å². The number of fused-ring (bicyclic) bond motifs is 1. The van der Waals surface area contributed by atoms with Crippen molar-refractivity contribution in [2.24, 2.45) is 28.1 Å². The van der Waals surface area contributed by atoms with Crippen LogP contribution in [0.1, 0.15) is 54.4 Å². The Kier molecular flexibility index (Phi) is 1.99. The summed E-state index contributed by atoms with van der Waals surface area (Å²) in [6.07, 6.45) is 2.66. The fourth-order valence-electron chi connectivity index (χ4n) is 3.17. The molecule has 0 aromatic heterocycles. The predicted molar refractivity (Wildman–Crippen MR) is 65.3 cm³/mol. The summed E-state index contributed by atoms with van der Waals surface area (Å²) in [6, 6.07) is 0. The summed E-state index contributed by atoms with van der Waals surface area (Å²) in [5.74, 6) is 1.83. The highest BCUT2D eigenvalue weighted by Crippen LogP contribution is 2.69. The van der Waals surface area contributed by atoms with E-state index in [1.807, 2.05) is 0 Å². The van der Waals surface area contributed by atoms with E-state index in [0.717, 1.165) is 17.5 Å². The van der Waals surface area contributed by atoms with Crippen LogP contribution in [0.25, 0.3) is 0 Å². The van der Waals surface area contributed by atoms with Gasteiger partial charge in [0.1, 0.15) is 0 Å². The first kappa shape index (κ1) is 11.2. The Bertz CT molecular complexity index is 308. The van der Waals surface area contributed by atoms with Crippen molar-refractivity contribution in [1.29, 1.82) is 5.41 Å². The van der Waals surface area contributed by atoms with Gasteiger partial charge in [-0.25, -0.2) is 0 Å². The summed E-state index contributed by atoms with van der Waals surface area (Å²) in [4.78, 5) is 0. The Morgan fingerprint density at radius 2 is 1.73 bits per heavy atom. The van der Waals surface area contributed by atoms with Crippen molar-refractivity contribution < 1.29 is 0 Å². The van der Waals surface area contributed by atoms with E-state index < -0.39 is 0 Å². The van der Waals surface area contributed by atoms with Crippen molar-refractivity contribution in [3.8, 4) is 0 Å². The van der Waals surface area contributed by atoms with E-state index in [1.54, 1.807) is 0 Å². The van der Waals surface area contributed by atoms with E-state index in [4.69, 9.17) is 5.41 Å². The van der Waals surface area contributed by atoms with Gasteiger partial charge in [-0.15, -0.1) is 0 Å². The Balaban J connectivity index is 2.21. The first-order valence-electron chi connectivity index (χ1n) is 6.20. The molecule has 2 fully saturated rings. The average molecular weight is 207 g/mol. The molecule has 1 nitrogen and oxygen atoms in total. The maximum atomic E-state index is 8.56. The number of hydrogen-bond acceptors (Lipinski definition) is 1. The van der Waals surface area contributed by atoms with Gasteiger partial charge in [0.15, 0.2) is 0 Å². The molecule has 0 aromatic carbocycles. The van der Waals surface area contributed by atoms with Crippen LogP contribution in [0.4, 0.5) is 0 Å². The number of rotatable bonds is 2. The molecule has 3 atom stereocenters. The van der Waals surface area contributed by atoms with Gasteiger partial charge in [-0.3, -0.25) is 0 Å². The molecule has 0 radical (unpaired) electrons. The lowest BCUT2D eigenvalue weighted by Crippen LogP contribution is -2.49. The first-order chi connectivity index (χ1) is 6.61. The van der Waals surface area contributed by atoms with Crippen LogP contribution >= 0.6 is 0 Å². The van der Waals surface area contributed by atoms with Crippen molar-refractivity contribution >= 4 is 5.71 Å². The summed E-state index contributed by atoms with van der Waals surface area (Å²) >= 11 is 0. The molecule has 0 saturated heterocycles. The molecule has 1 N–H and O–H groups in total. The van der Waals surface area contributed by atoms with Gasteiger partial charge in [-0.2, -0.15) is 0 Å². The molecule has 2 aliphatic rings. The second-order valence-electron chi connectivity index (χ2n) is 7.47. The van der Waals surface area contributed by atoms with Crippen molar-refractivity contribution in [2.45, 2.75) is 54.4 Å². The lowest BCUT2D eigenvalue weighted by atomic mass is 9.55. The maximum Gasteiger partial charge on any atom is 0.0212 e. The van der Waals surface area contributed by atoms with Gasteiger partial charge >= 0.3 is 0 Å². The predicted octanol–water partition coefficient (Wildman–Crippen LogP) is 4.12. The van der Waals surface area contributed by atoms with E-state index in [2.05, 4.69) is 41.5 Å². The lowest BCUT2D eigenvalue weighted by Gasteiger charge is -2.49. The van der Waals surface area contributed by atoms with Crippen LogP contribution in [0.15, 0.2) is 0 Å². The molecule has 15 heavy (non-hydrogen) atoms. The summed E-state index contributed by atoms with van der Waals surface area (Å²) in [6.45, 7) is 13.6. The largest absolute Gasteiger partial charge is 0.309 e. The van der Waals surface area contributed by atoms with E-state index >= 15 is 0 Å². The van der Waals surface area contributed by atoms with Crippen molar-refractivity contribution in [1.82, 2.24) is 0 Å². The highest BCUT2D eigenvalue weighted by Gasteiger charge is 2.65. The van der Waals surface area contributed by atoms with Gasteiger partial charge in [0, 0.05) is 16.5 Å². The molecule has 0 aromatic rings. The average Bonchev–Trinajstić information content (AvgIpc) is 2.73. The molecule has 0 bridgehead atoms. The Labute approximate surface area is 94.2 Å². The first-order valence-corrected chi connectivity index (χ1v) is 6.20. The molecule has 86 valence electrons. The van der Waals surface area contributed by atoms with Crippen LogP contribution in [0.2, 0.25) is 0 Å². The standard InChI is InChI=1S/C14H25N/c1-12(2,3)13(4,5)11(15)14(6)8-9-7-10(9)14/h9-10,15H,7-8H2,1-6H3. The summed E-state index contributed by atoms with van der Waals surface area (Å²) in [7, 11) is 0. The van der Waals surface area contributed by atoms with E-state index in [9.17, 15) is 0 Å². The smallest absolute Gasteiger partial charge is 0.0212 e. The fourth-order valence-corrected chi connectivity index (χ4v) is 3.17. The quantitative estimate of drug-likeness (QED) is 0.658. The second-order valence-corrected chi connectivity index (χ2v) is 7.47. The Morgan fingerprint density at radius 3 is 2.00 bits per heavy atom. The zero-order valence-corrected chi connectivity index (χ0v) is 11.1. The van der Waals surface area contributed by atoms with Crippen LogP contribution in [-0.2, 0) is 0 Å². The monoisotopic (exact) mass is 207 g/mol. The normalized spacial score (nSPS) is 39.3. The minimum absolute atomic E-state index is 0.0231. The van der Waals surface area contributed by atoms with Gasteiger partial charge in [0.05, 0.1) is 0 Å². The zero-order valence-electron chi connectivity index (χ0n) is 11.1. The Hall–Kier alpha value is -0.330. The van der Waals surface area contributed by atoms with Gasteiger partial charge in [0.2, 0.25) is 0 Å². The molecule has 0 heterocycles.